The molecule has 0 unspecified atom stereocenters. The average Bonchev–Trinajstić information content (AvgIpc) is 2.76. The van der Waals surface area contributed by atoms with Gasteiger partial charge in [0.15, 0.2) is 0 Å². The first-order chi connectivity index (χ1) is 15.0. The van der Waals surface area contributed by atoms with Crippen molar-refractivity contribution in [3.05, 3.63) is 70.2 Å². The minimum Gasteiger partial charge on any atom is -0.352 e. The Kier molecular flexibility index (Phi) is 9.33. The number of carbonyl (C=O) groups excluding carboxylic acids is 2. The molecule has 5 heteroatoms. The lowest BCUT2D eigenvalue weighted by Crippen LogP contribution is -2.49. The zero-order valence-electron chi connectivity index (χ0n) is 20.2. The minimum atomic E-state index is -0.587. The van der Waals surface area contributed by atoms with Crippen molar-refractivity contribution >= 4 is 23.4 Å². The fourth-order valence-corrected chi connectivity index (χ4v) is 3.62. The van der Waals surface area contributed by atoms with Crippen molar-refractivity contribution in [3.8, 4) is 0 Å². The second-order valence-corrected chi connectivity index (χ2v) is 9.96. The molecular weight excluding hydrogens is 420 g/mol. The lowest BCUT2D eigenvalue weighted by Gasteiger charge is -2.30. The molecule has 0 saturated heterocycles. The summed E-state index contributed by atoms with van der Waals surface area (Å²) in [5.41, 5.74) is 3.31. The highest BCUT2D eigenvalue weighted by Crippen LogP contribution is 2.23. The van der Waals surface area contributed by atoms with Gasteiger partial charge >= 0.3 is 0 Å². The van der Waals surface area contributed by atoms with Crippen LogP contribution < -0.4 is 5.32 Å². The molecule has 0 aliphatic rings. The zero-order chi connectivity index (χ0) is 23.9. The van der Waals surface area contributed by atoms with Crippen LogP contribution in [0.4, 0.5) is 0 Å². The fourth-order valence-electron chi connectivity index (χ4n) is 3.42. The van der Waals surface area contributed by atoms with Gasteiger partial charge in [0, 0.05) is 24.0 Å². The van der Waals surface area contributed by atoms with Gasteiger partial charge in [-0.05, 0) is 54.9 Å². The number of nitrogens with zero attached hydrogens (tertiary/aromatic N) is 1. The monoisotopic (exact) mass is 456 g/mol. The third-order valence-electron chi connectivity index (χ3n) is 5.91. The number of hydrogen-bond donors (Lipinski definition) is 1. The van der Waals surface area contributed by atoms with Crippen LogP contribution in [-0.2, 0) is 28.0 Å². The highest BCUT2D eigenvalue weighted by atomic mass is 35.5. The first-order valence-corrected chi connectivity index (χ1v) is 11.8. The number of halogens is 1. The van der Waals surface area contributed by atoms with Crippen molar-refractivity contribution in [2.24, 2.45) is 0 Å². The smallest absolute Gasteiger partial charge is 0.242 e. The standard InChI is InChI=1S/C27H37ClN2O2/c1-7-19(2)29-26(32)20(3)30(18-22-10-8-9-11-24(22)28)25(31)17-14-21-12-15-23(16-13-21)27(4,5)6/h8-13,15-16,19-20H,7,14,17-18H2,1-6H3,(H,29,32)/t19-,20+/m0/s1. The van der Waals surface area contributed by atoms with E-state index in [1.165, 1.54) is 5.56 Å². The number of aryl methyl sites for hydroxylation is 1. The molecule has 0 aliphatic carbocycles. The van der Waals surface area contributed by atoms with E-state index in [1.54, 1.807) is 17.9 Å². The van der Waals surface area contributed by atoms with Crippen LogP contribution in [0.25, 0.3) is 0 Å². The molecule has 0 saturated carbocycles. The third kappa shape index (κ3) is 7.37. The van der Waals surface area contributed by atoms with Gasteiger partial charge in [-0.1, -0.05) is 81.8 Å². The van der Waals surface area contributed by atoms with Crippen LogP contribution in [0, 0.1) is 0 Å². The summed E-state index contributed by atoms with van der Waals surface area (Å²) < 4.78 is 0. The molecule has 0 aromatic heterocycles. The molecule has 32 heavy (non-hydrogen) atoms. The van der Waals surface area contributed by atoms with Crippen LogP contribution in [0.3, 0.4) is 0 Å². The van der Waals surface area contributed by atoms with Gasteiger partial charge in [-0.15, -0.1) is 0 Å². The van der Waals surface area contributed by atoms with E-state index in [0.29, 0.717) is 24.4 Å². The van der Waals surface area contributed by atoms with Gasteiger partial charge in [0.2, 0.25) is 11.8 Å². The number of hydrogen-bond acceptors (Lipinski definition) is 2. The summed E-state index contributed by atoms with van der Waals surface area (Å²) >= 11 is 6.35. The summed E-state index contributed by atoms with van der Waals surface area (Å²) in [6.45, 7) is 12.6. The van der Waals surface area contributed by atoms with E-state index < -0.39 is 6.04 Å². The maximum Gasteiger partial charge on any atom is 0.242 e. The van der Waals surface area contributed by atoms with E-state index in [0.717, 1.165) is 17.5 Å². The minimum absolute atomic E-state index is 0.0587. The Morgan fingerprint density at radius 2 is 1.66 bits per heavy atom. The molecule has 0 radical (unpaired) electrons. The van der Waals surface area contributed by atoms with Gasteiger partial charge in [0.05, 0.1) is 0 Å². The van der Waals surface area contributed by atoms with Gasteiger partial charge in [-0.2, -0.15) is 0 Å². The Hall–Kier alpha value is -2.33. The summed E-state index contributed by atoms with van der Waals surface area (Å²) in [7, 11) is 0. The Morgan fingerprint density at radius 1 is 1.03 bits per heavy atom. The molecule has 0 fully saturated rings. The number of nitrogens with one attached hydrogen (secondary N) is 1. The van der Waals surface area contributed by atoms with Gasteiger partial charge in [0.1, 0.15) is 6.04 Å². The van der Waals surface area contributed by atoms with Crippen LogP contribution in [0.2, 0.25) is 5.02 Å². The highest BCUT2D eigenvalue weighted by Gasteiger charge is 2.27. The zero-order valence-corrected chi connectivity index (χ0v) is 21.0. The molecule has 174 valence electrons. The van der Waals surface area contributed by atoms with Crippen LogP contribution in [0.15, 0.2) is 48.5 Å². The number of carbonyl (C=O) groups is 2. The van der Waals surface area contributed by atoms with Crippen molar-refractivity contribution in [2.45, 2.75) is 84.8 Å². The molecule has 2 atom stereocenters. The largest absolute Gasteiger partial charge is 0.352 e. The van der Waals surface area contributed by atoms with Gasteiger partial charge in [-0.3, -0.25) is 9.59 Å². The summed E-state index contributed by atoms with van der Waals surface area (Å²) in [5.74, 6) is -0.203. The van der Waals surface area contributed by atoms with Crippen molar-refractivity contribution in [1.29, 1.82) is 0 Å². The van der Waals surface area contributed by atoms with E-state index in [9.17, 15) is 9.59 Å². The summed E-state index contributed by atoms with van der Waals surface area (Å²) in [6, 6.07) is 15.4. The molecule has 0 aliphatic heterocycles. The molecule has 2 aromatic carbocycles. The lowest BCUT2D eigenvalue weighted by molar-refractivity contribution is -0.140. The fraction of sp³-hybridized carbons (Fsp3) is 0.481. The lowest BCUT2D eigenvalue weighted by atomic mass is 9.86. The molecule has 0 spiro atoms. The summed E-state index contributed by atoms with van der Waals surface area (Å²) in [5, 5.41) is 3.59. The van der Waals surface area contributed by atoms with Crippen molar-refractivity contribution in [2.75, 3.05) is 0 Å². The van der Waals surface area contributed by atoms with E-state index in [4.69, 9.17) is 11.6 Å². The van der Waals surface area contributed by atoms with Crippen LogP contribution >= 0.6 is 11.6 Å². The maximum atomic E-state index is 13.3. The molecule has 4 nitrogen and oxygen atoms in total. The molecule has 0 heterocycles. The predicted octanol–water partition coefficient (Wildman–Crippen LogP) is 5.90. The average molecular weight is 457 g/mol. The Bertz CT molecular complexity index is 903. The Morgan fingerprint density at radius 3 is 2.22 bits per heavy atom. The number of amides is 2. The van der Waals surface area contributed by atoms with Crippen molar-refractivity contribution < 1.29 is 9.59 Å². The van der Waals surface area contributed by atoms with Crippen molar-refractivity contribution in [3.63, 3.8) is 0 Å². The van der Waals surface area contributed by atoms with Crippen molar-refractivity contribution in [1.82, 2.24) is 10.2 Å². The predicted molar refractivity (Wildman–Crippen MR) is 133 cm³/mol. The van der Waals surface area contributed by atoms with E-state index >= 15 is 0 Å². The normalized spacial score (nSPS) is 13.3. The molecule has 2 amide bonds. The topological polar surface area (TPSA) is 49.4 Å². The first kappa shape index (κ1) is 25.9. The second kappa shape index (κ2) is 11.5. The third-order valence-corrected chi connectivity index (χ3v) is 6.28. The van der Waals surface area contributed by atoms with Crippen LogP contribution in [0.5, 0.6) is 0 Å². The summed E-state index contributed by atoms with van der Waals surface area (Å²) in [4.78, 5) is 27.7. The molecular formula is C27H37ClN2O2. The molecule has 1 N–H and O–H groups in total. The number of rotatable bonds is 9. The van der Waals surface area contributed by atoms with E-state index in [-0.39, 0.29) is 23.3 Å². The SMILES string of the molecule is CC[C@H](C)NC(=O)[C@@H](C)N(Cc1ccccc1Cl)C(=O)CCc1ccc(C(C)(C)C)cc1. The van der Waals surface area contributed by atoms with Gasteiger partial charge in [-0.25, -0.2) is 0 Å². The van der Waals surface area contributed by atoms with E-state index in [1.807, 2.05) is 32.0 Å². The Labute approximate surface area is 198 Å². The molecule has 0 bridgehead atoms. The Balaban J connectivity index is 2.15. The molecule has 2 rings (SSSR count). The first-order valence-electron chi connectivity index (χ1n) is 11.5. The van der Waals surface area contributed by atoms with E-state index in [2.05, 4.69) is 50.4 Å². The molecule has 2 aromatic rings. The highest BCUT2D eigenvalue weighted by molar-refractivity contribution is 6.31. The number of benzene rings is 2. The maximum absolute atomic E-state index is 13.3. The van der Waals surface area contributed by atoms with Gasteiger partial charge in [0.25, 0.3) is 0 Å². The van der Waals surface area contributed by atoms with Crippen LogP contribution in [-0.4, -0.2) is 28.8 Å². The van der Waals surface area contributed by atoms with Gasteiger partial charge < -0.3 is 10.2 Å². The quantitative estimate of drug-likeness (QED) is 0.510. The second-order valence-electron chi connectivity index (χ2n) is 9.55. The van der Waals surface area contributed by atoms with Crippen LogP contribution in [0.1, 0.15) is 71.1 Å². The summed E-state index contributed by atoms with van der Waals surface area (Å²) in [6.07, 6.45) is 1.80.